The molecule has 1 aromatic heterocycles. The summed E-state index contributed by atoms with van der Waals surface area (Å²) in [6, 6.07) is 7.40. The number of aliphatic hydroxyl groups excluding tert-OH is 1. The molecule has 4 nitrogen and oxygen atoms in total. The quantitative estimate of drug-likeness (QED) is 0.841. The molecule has 3 aliphatic rings. The monoisotopic (exact) mass is 379 g/mol. The average Bonchev–Trinajstić information content (AvgIpc) is 3.24. The minimum absolute atomic E-state index is 0.0253. The molecule has 2 aromatic rings. The SMILES string of the molecule is CC1CC2C[C@@H](C#N)CC(C(O)CC3c4c(F)cccc4-c4cncn43)(C1)C2. The summed E-state index contributed by atoms with van der Waals surface area (Å²) in [5.41, 5.74) is 2.23. The van der Waals surface area contributed by atoms with Gasteiger partial charge in [0.1, 0.15) is 5.82 Å². The molecule has 2 heterocycles. The van der Waals surface area contributed by atoms with Gasteiger partial charge >= 0.3 is 0 Å². The second-order valence-electron chi connectivity index (χ2n) is 9.40. The number of imidazole rings is 1. The third kappa shape index (κ3) is 2.62. The molecule has 0 amide bonds. The van der Waals surface area contributed by atoms with Crippen LogP contribution >= 0.6 is 0 Å². The van der Waals surface area contributed by atoms with Crippen molar-refractivity contribution >= 4 is 0 Å². The first-order valence-corrected chi connectivity index (χ1v) is 10.4. The summed E-state index contributed by atoms with van der Waals surface area (Å²) in [4.78, 5) is 4.26. The van der Waals surface area contributed by atoms with E-state index < -0.39 is 6.10 Å². The van der Waals surface area contributed by atoms with Gasteiger partial charge in [-0.15, -0.1) is 0 Å². The Labute approximate surface area is 165 Å². The lowest BCUT2D eigenvalue weighted by molar-refractivity contribution is -0.0789. The van der Waals surface area contributed by atoms with E-state index in [1.165, 1.54) is 6.07 Å². The van der Waals surface area contributed by atoms with Crippen molar-refractivity contribution < 1.29 is 9.50 Å². The standard InChI is InChI=1S/C23H26FN3O/c1-14-5-15-6-16(11-25)10-23(8-14,9-15)21(28)7-19-22-17(3-2-4-18(22)24)20-12-26-13-27(19)20/h2-4,12-16,19,21,28H,5-10H2,1H3/t14?,15?,16-,19?,21?,23?/m1/s1. The Morgan fingerprint density at radius 1 is 1.36 bits per heavy atom. The van der Waals surface area contributed by atoms with Crippen LogP contribution in [0.25, 0.3) is 11.3 Å². The van der Waals surface area contributed by atoms with Crippen LogP contribution < -0.4 is 0 Å². The van der Waals surface area contributed by atoms with E-state index in [0.717, 1.165) is 43.4 Å². The molecule has 2 fully saturated rings. The van der Waals surface area contributed by atoms with Gasteiger partial charge in [0.15, 0.2) is 0 Å². The number of rotatable bonds is 3. The van der Waals surface area contributed by atoms with Crippen molar-refractivity contribution in [1.29, 1.82) is 5.26 Å². The van der Waals surface area contributed by atoms with E-state index in [-0.39, 0.29) is 23.2 Å². The van der Waals surface area contributed by atoms with Gasteiger partial charge in [0.25, 0.3) is 0 Å². The maximum atomic E-state index is 14.7. The maximum absolute atomic E-state index is 14.7. The third-order valence-corrected chi connectivity index (χ3v) is 7.46. The van der Waals surface area contributed by atoms with Gasteiger partial charge in [-0.3, -0.25) is 0 Å². The molecule has 5 unspecified atom stereocenters. The highest BCUT2D eigenvalue weighted by atomic mass is 19.1. The van der Waals surface area contributed by atoms with Crippen LogP contribution in [0.2, 0.25) is 0 Å². The third-order valence-electron chi connectivity index (χ3n) is 7.46. The molecule has 146 valence electrons. The molecule has 2 saturated carbocycles. The molecule has 1 aromatic carbocycles. The summed E-state index contributed by atoms with van der Waals surface area (Å²) >= 11 is 0. The lowest BCUT2D eigenvalue weighted by Crippen LogP contribution is -2.47. The Morgan fingerprint density at radius 2 is 2.21 bits per heavy atom. The minimum Gasteiger partial charge on any atom is -0.392 e. The minimum atomic E-state index is -0.556. The summed E-state index contributed by atoms with van der Waals surface area (Å²) in [6.07, 6.45) is 8.25. The number of fused-ring (bicyclic) bond motifs is 5. The van der Waals surface area contributed by atoms with E-state index in [1.807, 2.05) is 10.6 Å². The predicted molar refractivity (Wildman–Crippen MR) is 104 cm³/mol. The van der Waals surface area contributed by atoms with Crippen molar-refractivity contribution in [2.24, 2.45) is 23.2 Å². The van der Waals surface area contributed by atoms with Gasteiger partial charge in [-0.1, -0.05) is 19.1 Å². The molecular weight excluding hydrogens is 353 g/mol. The van der Waals surface area contributed by atoms with Crippen molar-refractivity contribution in [2.75, 3.05) is 0 Å². The molecule has 0 radical (unpaired) electrons. The van der Waals surface area contributed by atoms with E-state index in [9.17, 15) is 14.8 Å². The van der Waals surface area contributed by atoms with Gasteiger partial charge < -0.3 is 9.67 Å². The van der Waals surface area contributed by atoms with Crippen LogP contribution in [-0.4, -0.2) is 20.8 Å². The normalized spacial score (nSPS) is 34.4. The largest absolute Gasteiger partial charge is 0.392 e. The van der Waals surface area contributed by atoms with Gasteiger partial charge in [0.2, 0.25) is 0 Å². The second kappa shape index (κ2) is 6.42. The molecule has 28 heavy (non-hydrogen) atoms. The fraction of sp³-hybridized carbons (Fsp3) is 0.565. The number of benzene rings is 1. The van der Waals surface area contributed by atoms with E-state index in [1.54, 1.807) is 18.6 Å². The fourth-order valence-electron chi connectivity index (χ4n) is 6.61. The van der Waals surface area contributed by atoms with Crippen LogP contribution in [0.3, 0.4) is 0 Å². The molecule has 6 atom stereocenters. The first-order valence-electron chi connectivity index (χ1n) is 10.4. The fourth-order valence-corrected chi connectivity index (χ4v) is 6.61. The molecule has 5 rings (SSSR count). The van der Waals surface area contributed by atoms with E-state index in [0.29, 0.717) is 23.8 Å². The second-order valence-corrected chi connectivity index (χ2v) is 9.40. The maximum Gasteiger partial charge on any atom is 0.129 e. The molecule has 2 bridgehead atoms. The van der Waals surface area contributed by atoms with Gasteiger partial charge in [0.05, 0.1) is 36.4 Å². The zero-order valence-electron chi connectivity index (χ0n) is 16.2. The summed E-state index contributed by atoms with van der Waals surface area (Å²) in [5, 5.41) is 21.0. The van der Waals surface area contributed by atoms with Crippen LogP contribution in [-0.2, 0) is 0 Å². The van der Waals surface area contributed by atoms with Crippen molar-refractivity contribution in [1.82, 2.24) is 9.55 Å². The van der Waals surface area contributed by atoms with E-state index in [4.69, 9.17) is 0 Å². The number of aromatic nitrogens is 2. The summed E-state index contributed by atoms with van der Waals surface area (Å²) in [5.74, 6) is 0.888. The van der Waals surface area contributed by atoms with Gasteiger partial charge in [-0.05, 0) is 61.8 Å². The molecule has 1 N–H and O–H groups in total. The summed E-state index contributed by atoms with van der Waals surface area (Å²) < 4.78 is 16.7. The highest BCUT2D eigenvalue weighted by molar-refractivity contribution is 5.69. The topological polar surface area (TPSA) is 61.8 Å². The van der Waals surface area contributed by atoms with Crippen LogP contribution in [0, 0.1) is 40.3 Å². The van der Waals surface area contributed by atoms with Gasteiger partial charge in [0, 0.05) is 17.0 Å². The Bertz CT molecular complexity index is 944. The Hall–Kier alpha value is -2.19. The molecule has 2 aliphatic carbocycles. The number of aliphatic hydroxyl groups is 1. The zero-order valence-corrected chi connectivity index (χ0v) is 16.2. The van der Waals surface area contributed by atoms with Crippen LogP contribution in [0.1, 0.15) is 57.1 Å². The summed E-state index contributed by atoms with van der Waals surface area (Å²) in [6.45, 7) is 2.26. The highest BCUT2D eigenvalue weighted by Gasteiger charge is 2.50. The average molecular weight is 379 g/mol. The van der Waals surface area contributed by atoms with Crippen LogP contribution in [0.15, 0.2) is 30.7 Å². The molecule has 0 saturated heterocycles. The smallest absolute Gasteiger partial charge is 0.129 e. The van der Waals surface area contributed by atoms with Crippen molar-refractivity contribution in [3.05, 3.63) is 42.1 Å². The Morgan fingerprint density at radius 3 is 3.04 bits per heavy atom. The lowest BCUT2D eigenvalue weighted by atomic mass is 9.54. The number of nitriles is 1. The Kier molecular flexibility index (Phi) is 4.10. The van der Waals surface area contributed by atoms with E-state index >= 15 is 0 Å². The first-order chi connectivity index (χ1) is 13.5. The predicted octanol–water partition coefficient (Wildman–Crippen LogP) is 4.70. The summed E-state index contributed by atoms with van der Waals surface area (Å²) in [7, 11) is 0. The van der Waals surface area contributed by atoms with Crippen molar-refractivity contribution in [2.45, 2.75) is 57.6 Å². The number of halogens is 1. The molecule has 0 spiro atoms. The molecular formula is C23H26FN3O. The first kappa shape index (κ1) is 17.9. The zero-order chi connectivity index (χ0) is 19.5. The lowest BCUT2D eigenvalue weighted by Gasteiger charge is -2.52. The highest BCUT2D eigenvalue weighted by Crippen LogP contribution is 2.56. The van der Waals surface area contributed by atoms with Crippen LogP contribution in [0.4, 0.5) is 4.39 Å². The van der Waals surface area contributed by atoms with Crippen LogP contribution in [0.5, 0.6) is 0 Å². The van der Waals surface area contributed by atoms with Gasteiger partial charge in [-0.2, -0.15) is 5.26 Å². The van der Waals surface area contributed by atoms with Crippen molar-refractivity contribution in [3.63, 3.8) is 0 Å². The molecule has 1 aliphatic heterocycles. The number of hydrogen-bond acceptors (Lipinski definition) is 3. The number of hydrogen-bond donors (Lipinski definition) is 1. The molecule has 5 heteroatoms. The van der Waals surface area contributed by atoms with Crippen molar-refractivity contribution in [3.8, 4) is 17.3 Å². The Balaban J connectivity index is 1.49. The van der Waals surface area contributed by atoms with E-state index in [2.05, 4.69) is 18.0 Å². The number of nitrogens with zero attached hydrogens (tertiary/aromatic N) is 3. The van der Waals surface area contributed by atoms with Gasteiger partial charge in [-0.25, -0.2) is 9.37 Å².